The van der Waals surface area contributed by atoms with Gasteiger partial charge in [0.05, 0.1) is 0 Å². The van der Waals surface area contributed by atoms with Crippen molar-refractivity contribution in [2.75, 3.05) is 13.1 Å². The summed E-state index contributed by atoms with van der Waals surface area (Å²) >= 11 is 0. The summed E-state index contributed by atoms with van der Waals surface area (Å²) in [6.07, 6.45) is 10.7. The average molecular weight is 280 g/mol. The second kappa shape index (κ2) is 7.44. The molecule has 0 spiro atoms. The normalized spacial score (nSPS) is 25.9. The van der Waals surface area contributed by atoms with E-state index in [9.17, 15) is 4.79 Å². The van der Waals surface area contributed by atoms with Crippen LogP contribution < -0.4 is 10.6 Å². The van der Waals surface area contributed by atoms with Gasteiger partial charge >= 0.3 is 0 Å². The minimum Gasteiger partial charge on any atom is -0.356 e. The lowest BCUT2D eigenvalue weighted by molar-refractivity contribution is -0.131. The van der Waals surface area contributed by atoms with Crippen LogP contribution in [0.2, 0.25) is 0 Å². The Morgan fingerprint density at radius 2 is 2.00 bits per heavy atom. The third kappa shape index (κ3) is 4.21. The van der Waals surface area contributed by atoms with E-state index >= 15 is 0 Å². The molecule has 3 nitrogen and oxygen atoms in total. The summed E-state index contributed by atoms with van der Waals surface area (Å²) in [5, 5.41) is 6.79. The minimum atomic E-state index is -0.0475. The number of carbonyl (C=O) groups excluding carboxylic acids is 1. The Kier molecular flexibility index (Phi) is 5.88. The molecule has 1 saturated carbocycles. The quantitative estimate of drug-likeness (QED) is 0.784. The smallest absolute Gasteiger partial charge is 0.226 e. The lowest BCUT2D eigenvalue weighted by Gasteiger charge is -2.30. The first-order valence-corrected chi connectivity index (χ1v) is 8.64. The summed E-state index contributed by atoms with van der Waals surface area (Å²) in [4.78, 5) is 12.6. The van der Waals surface area contributed by atoms with Gasteiger partial charge < -0.3 is 10.6 Å². The van der Waals surface area contributed by atoms with E-state index in [1.807, 2.05) is 0 Å². The number of rotatable bonds is 6. The first-order chi connectivity index (χ1) is 9.62. The number of piperidine rings is 1. The van der Waals surface area contributed by atoms with Crippen LogP contribution in [0, 0.1) is 11.3 Å². The fourth-order valence-corrected chi connectivity index (χ4v) is 4.07. The summed E-state index contributed by atoms with van der Waals surface area (Å²) in [7, 11) is 0. The van der Waals surface area contributed by atoms with Gasteiger partial charge in [-0.05, 0) is 51.0 Å². The van der Waals surface area contributed by atoms with Crippen molar-refractivity contribution in [2.24, 2.45) is 11.3 Å². The van der Waals surface area contributed by atoms with Crippen molar-refractivity contribution < 1.29 is 4.79 Å². The number of amides is 1. The topological polar surface area (TPSA) is 41.1 Å². The average Bonchev–Trinajstić information content (AvgIpc) is 2.89. The van der Waals surface area contributed by atoms with Crippen LogP contribution in [0.3, 0.4) is 0 Å². The Balaban J connectivity index is 1.76. The summed E-state index contributed by atoms with van der Waals surface area (Å²) in [5.41, 5.74) is -0.0475. The molecule has 2 N–H and O–H groups in total. The summed E-state index contributed by atoms with van der Waals surface area (Å²) in [5.74, 6) is 0.943. The molecule has 1 saturated heterocycles. The van der Waals surface area contributed by atoms with Crippen molar-refractivity contribution in [1.29, 1.82) is 0 Å². The standard InChI is InChI=1S/C17H32N2O/c1-14(2)13-17(9-4-5-10-17)16(20)19-12-8-15-7-3-6-11-18-15/h14-15,18H,3-13H2,1-2H3,(H,19,20). The molecule has 1 atom stereocenters. The molecule has 2 rings (SSSR count). The summed E-state index contributed by atoms with van der Waals surface area (Å²) in [6, 6.07) is 0.619. The van der Waals surface area contributed by atoms with Crippen LogP contribution >= 0.6 is 0 Å². The van der Waals surface area contributed by atoms with E-state index in [0.29, 0.717) is 17.9 Å². The molecule has 2 aliphatic rings. The molecule has 116 valence electrons. The Labute approximate surface area is 124 Å². The largest absolute Gasteiger partial charge is 0.356 e. The van der Waals surface area contributed by atoms with E-state index in [4.69, 9.17) is 0 Å². The van der Waals surface area contributed by atoms with Gasteiger partial charge in [-0.25, -0.2) is 0 Å². The third-order valence-electron chi connectivity index (χ3n) is 5.03. The van der Waals surface area contributed by atoms with Gasteiger partial charge in [0.25, 0.3) is 0 Å². The molecule has 2 fully saturated rings. The molecule has 0 bridgehead atoms. The van der Waals surface area contributed by atoms with E-state index in [1.54, 1.807) is 0 Å². The molecular formula is C17H32N2O. The van der Waals surface area contributed by atoms with Crippen molar-refractivity contribution in [3.8, 4) is 0 Å². The van der Waals surface area contributed by atoms with Crippen molar-refractivity contribution in [1.82, 2.24) is 10.6 Å². The molecule has 0 aromatic carbocycles. The number of hydrogen-bond acceptors (Lipinski definition) is 2. The highest BCUT2D eigenvalue weighted by Gasteiger charge is 2.41. The van der Waals surface area contributed by atoms with Crippen LogP contribution in [0.4, 0.5) is 0 Å². The molecule has 20 heavy (non-hydrogen) atoms. The fourth-order valence-electron chi connectivity index (χ4n) is 4.07. The maximum atomic E-state index is 12.6. The van der Waals surface area contributed by atoms with Crippen molar-refractivity contribution in [3.05, 3.63) is 0 Å². The monoisotopic (exact) mass is 280 g/mol. The first-order valence-electron chi connectivity index (χ1n) is 8.64. The molecule has 0 radical (unpaired) electrons. The highest BCUT2D eigenvalue weighted by Crippen LogP contribution is 2.43. The van der Waals surface area contributed by atoms with Crippen molar-refractivity contribution >= 4 is 5.91 Å². The van der Waals surface area contributed by atoms with E-state index in [2.05, 4.69) is 24.5 Å². The van der Waals surface area contributed by atoms with Crippen molar-refractivity contribution in [2.45, 2.75) is 77.7 Å². The van der Waals surface area contributed by atoms with Gasteiger partial charge in [-0.1, -0.05) is 33.1 Å². The van der Waals surface area contributed by atoms with Gasteiger partial charge in [0.15, 0.2) is 0 Å². The summed E-state index contributed by atoms with van der Waals surface area (Å²) in [6.45, 7) is 6.46. The van der Waals surface area contributed by atoms with E-state index < -0.39 is 0 Å². The fraction of sp³-hybridized carbons (Fsp3) is 0.941. The maximum Gasteiger partial charge on any atom is 0.226 e. The van der Waals surface area contributed by atoms with Crippen LogP contribution in [0.15, 0.2) is 0 Å². The van der Waals surface area contributed by atoms with Gasteiger partial charge in [-0.15, -0.1) is 0 Å². The SMILES string of the molecule is CC(C)CC1(C(=O)NCCC2CCCCN2)CCCC1. The van der Waals surface area contributed by atoms with Crippen LogP contribution in [-0.2, 0) is 4.79 Å². The van der Waals surface area contributed by atoms with Crippen LogP contribution in [0.25, 0.3) is 0 Å². The molecule has 1 amide bonds. The molecule has 0 aromatic heterocycles. The number of hydrogen-bond donors (Lipinski definition) is 2. The first kappa shape index (κ1) is 15.8. The Morgan fingerprint density at radius 3 is 2.60 bits per heavy atom. The molecule has 3 heteroatoms. The molecule has 1 unspecified atom stereocenters. The predicted molar refractivity (Wildman–Crippen MR) is 83.6 cm³/mol. The van der Waals surface area contributed by atoms with E-state index in [1.165, 1.54) is 32.1 Å². The van der Waals surface area contributed by atoms with Gasteiger partial charge in [0, 0.05) is 18.0 Å². The number of nitrogens with one attached hydrogen (secondary N) is 2. The molecule has 1 aliphatic carbocycles. The van der Waals surface area contributed by atoms with Crippen molar-refractivity contribution in [3.63, 3.8) is 0 Å². The predicted octanol–water partition coefficient (Wildman–Crippen LogP) is 3.24. The molecular weight excluding hydrogens is 248 g/mol. The second-order valence-electron chi connectivity index (χ2n) is 7.28. The van der Waals surface area contributed by atoms with Gasteiger partial charge in [0.2, 0.25) is 5.91 Å². The van der Waals surface area contributed by atoms with Crippen LogP contribution in [0.5, 0.6) is 0 Å². The lowest BCUT2D eigenvalue weighted by Crippen LogP contribution is -2.43. The van der Waals surface area contributed by atoms with Gasteiger partial charge in [-0.3, -0.25) is 4.79 Å². The van der Waals surface area contributed by atoms with Crippen LogP contribution in [0.1, 0.15) is 71.6 Å². The van der Waals surface area contributed by atoms with Gasteiger partial charge in [-0.2, -0.15) is 0 Å². The molecule has 1 heterocycles. The zero-order valence-corrected chi connectivity index (χ0v) is 13.3. The maximum absolute atomic E-state index is 12.6. The second-order valence-corrected chi connectivity index (χ2v) is 7.28. The van der Waals surface area contributed by atoms with E-state index in [-0.39, 0.29) is 5.41 Å². The Morgan fingerprint density at radius 1 is 1.25 bits per heavy atom. The number of carbonyl (C=O) groups is 1. The zero-order chi connectivity index (χ0) is 14.4. The Bertz CT molecular complexity index is 302. The molecule has 0 aromatic rings. The third-order valence-corrected chi connectivity index (χ3v) is 5.03. The van der Waals surface area contributed by atoms with Crippen LogP contribution in [-0.4, -0.2) is 25.0 Å². The lowest BCUT2D eigenvalue weighted by atomic mass is 9.77. The van der Waals surface area contributed by atoms with E-state index in [0.717, 1.165) is 38.8 Å². The highest BCUT2D eigenvalue weighted by atomic mass is 16.2. The highest BCUT2D eigenvalue weighted by molar-refractivity contribution is 5.82. The Hall–Kier alpha value is -0.570. The van der Waals surface area contributed by atoms with Gasteiger partial charge in [0.1, 0.15) is 0 Å². The zero-order valence-electron chi connectivity index (χ0n) is 13.3. The minimum absolute atomic E-state index is 0.0475. The summed E-state index contributed by atoms with van der Waals surface area (Å²) < 4.78 is 0. The molecule has 1 aliphatic heterocycles.